The topological polar surface area (TPSA) is 28.6 Å². The van der Waals surface area contributed by atoms with Crippen molar-refractivity contribution in [2.75, 3.05) is 46.4 Å². The van der Waals surface area contributed by atoms with Crippen LogP contribution in [0.15, 0.2) is 60.9 Å². The van der Waals surface area contributed by atoms with E-state index in [9.17, 15) is 0 Å². The van der Waals surface area contributed by atoms with Crippen LogP contribution >= 0.6 is 0 Å². The van der Waals surface area contributed by atoms with Crippen molar-refractivity contribution in [1.82, 2.24) is 14.8 Å². The smallest absolute Gasteiger partial charge is 0.0589 e. The van der Waals surface area contributed by atoms with Gasteiger partial charge in [0.1, 0.15) is 0 Å². The van der Waals surface area contributed by atoms with Gasteiger partial charge in [-0.1, -0.05) is 42.5 Å². The van der Waals surface area contributed by atoms with E-state index < -0.39 is 0 Å². The van der Waals surface area contributed by atoms with Crippen molar-refractivity contribution in [1.29, 1.82) is 0 Å². The van der Waals surface area contributed by atoms with Crippen LogP contribution in [0.3, 0.4) is 0 Å². The fourth-order valence-electron chi connectivity index (χ4n) is 3.83. The lowest BCUT2D eigenvalue weighted by Gasteiger charge is -2.34. The first-order valence-electron chi connectivity index (χ1n) is 10.4. The van der Waals surface area contributed by atoms with Crippen LogP contribution in [0.5, 0.6) is 0 Å². The quantitative estimate of drug-likeness (QED) is 0.625. The summed E-state index contributed by atoms with van der Waals surface area (Å²) >= 11 is 0. The molecule has 1 aromatic carbocycles. The molecule has 2 aromatic rings. The molecule has 0 unspecified atom stereocenters. The van der Waals surface area contributed by atoms with Crippen LogP contribution in [0.1, 0.15) is 24.0 Å². The lowest BCUT2D eigenvalue weighted by molar-refractivity contribution is 0.107. The van der Waals surface area contributed by atoms with Gasteiger partial charge >= 0.3 is 0 Å². The lowest BCUT2D eigenvalue weighted by atomic mass is 9.96. The molecule has 0 aliphatic carbocycles. The molecule has 2 heterocycles. The Morgan fingerprint density at radius 1 is 1.11 bits per heavy atom. The Labute approximate surface area is 169 Å². The number of benzene rings is 1. The van der Waals surface area contributed by atoms with Crippen LogP contribution in [0.25, 0.3) is 6.08 Å². The number of nitrogens with zero attached hydrogens (tertiary/aromatic N) is 3. The van der Waals surface area contributed by atoms with Crippen molar-refractivity contribution in [3.63, 3.8) is 0 Å². The third-order valence-electron chi connectivity index (χ3n) is 5.46. The van der Waals surface area contributed by atoms with E-state index in [0.29, 0.717) is 0 Å². The average molecular weight is 380 g/mol. The van der Waals surface area contributed by atoms with Gasteiger partial charge in [0.15, 0.2) is 0 Å². The maximum atomic E-state index is 5.22. The molecule has 1 saturated heterocycles. The van der Waals surface area contributed by atoms with Gasteiger partial charge in [-0.05, 0) is 55.1 Å². The second kappa shape index (κ2) is 11.7. The van der Waals surface area contributed by atoms with E-state index in [-0.39, 0.29) is 0 Å². The highest BCUT2D eigenvalue weighted by molar-refractivity contribution is 5.48. The summed E-state index contributed by atoms with van der Waals surface area (Å²) in [5, 5.41) is 0. The highest BCUT2D eigenvalue weighted by Crippen LogP contribution is 2.19. The molecule has 3 rings (SSSR count). The van der Waals surface area contributed by atoms with Gasteiger partial charge in [0.05, 0.1) is 6.61 Å². The summed E-state index contributed by atoms with van der Waals surface area (Å²) in [6, 6.07) is 14.8. The van der Waals surface area contributed by atoms with Crippen molar-refractivity contribution >= 4 is 6.08 Å². The van der Waals surface area contributed by atoms with E-state index in [1.54, 1.807) is 7.11 Å². The Kier molecular flexibility index (Phi) is 8.69. The third-order valence-corrected chi connectivity index (χ3v) is 5.46. The number of rotatable bonds is 10. The molecule has 0 radical (unpaired) electrons. The fraction of sp³-hybridized carbons (Fsp3) is 0.458. The molecule has 0 amide bonds. The maximum Gasteiger partial charge on any atom is 0.0589 e. The van der Waals surface area contributed by atoms with Gasteiger partial charge in [0, 0.05) is 45.7 Å². The minimum atomic E-state index is 0.769. The normalized spacial score (nSPS) is 16.2. The van der Waals surface area contributed by atoms with Crippen LogP contribution < -0.4 is 0 Å². The van der Waals surface area contributed by atoms with Crippen molar-refractivity contribution in [2.45, 2.75) is 19.4 Å². The number of pyridine rings is 1. The minimum Gasteiger partial charge on any atom is -0.383 e. The Morgan fingerprint density at radius 2 is 1.86 bits per heavy atom. The number of hydrogen-bond donors (Lipinski definition) is 0. The number of methoxy groups -OCH3 is 1. The second-order valence-electron chi connectivity index (χ2n) is 7.64. The Balaban J connectivity index is 1.54. The molecule has 28 heavy (non-hydrogen) atoms. The van der Waals surface area contributed by atoms with Crippen LogP contribution in [0.2, 0.25) is 0 Å². The standard InChI is InChI=1S/C24H33N3O/c1-28-19-18-26-16-11-24(12-17-26)21-27(20-23-9-13-25-14-10-23)15-5-8-22-6-3-2-4-7-22/h2-10,13-14,24H,11-12,15-21H2,1H3. The molecule has 0 atom stereocenters. The summed E-state index contributed by atoms with van der Waals surface area (Å²) in [6.45, 7) is 7.38. The highest BCUT2D eigenvalue weighted by Gasteiger charge is 2.21. The zero-order chi connectivity index (χ0) is 19.4. The zero-order valence-corrected chi connectivity index (χ0v) is 17.0. The Hall–Kier alpha value is -2.01. The van der Waals surface area contributed by atoms with Gasteiger partial charge in [-0.15, -0.1) is 0 Å². The summed E-state index contributed by atoms with van der Waals surface area (Å²) < 4.78 is 5.22. The molecule has 4 nitrogen and oxygen atoms in total. The van der Waals surface area contributed by atoms with E-state index >= 15 is 0 Å². The van der Waals surface area contributed by atoms with Gasteiger partial charge in [0.2, 0.25) is 0 Å². The maximum absolute atomic E-state index is 5.22. The predicted molar refractivity (Wildman–Crippen MR) is 116 cm³/mol. The van der Waals surface area contributed by atoms with Gasteiger partial charge in [0.25, 0.3) is 0 Å². The molecule has 0 N–H and O–H groups in total. The summed E-state index contributed by atoms with van der Waals surface area (Å²) in [4.78, 5) is 9.26. The van der Waals surface area contributed by atoms with Crippen molar-refractivity contribution in [2.24, 2.45) is 5.92 Å². The second-order valence-corrected chi connectivity index (χ2v) is 7.64. The first-order chi connectivity index (χ1) is 13.8. The number of aromatic nitrogens is 1. The first-order valence-corrected chi connectivity index (χ1v) is 10.4. The first kappa shape index (κ1) is 20.7. The molecular formula is C24H33N3O. The Bertz CT molecular complexity index is 682. The molecule has 0 bridgehead atoms. The Morgan fingerprint density at radius 3 is 2.57 bits per heavy atom. The van der Waals surface area contributed by atoms with E-state index in [1.807, 2.05) is 12.4 Å². The van der Waals surface area contributed by atoms with E-state index in [1.165, 1.54) is 37.1 Å². The van der Waals surface area contributed by atoms with Crippen molar-refractivity contribution in [3.05, 3.63) is 72.1 Å². The summed E-state index contributed by atoms with van der Waals surface area (Å²) in [5.74, 6) is 0.769. The van der Waals surface area contributed by atoms with E-state index in [4.69, 9.17) is 4.74 Å². The van der Waals surface area contributed by atoms with E-state index in [0.717, 1.165) is 38.7 Å². The number of likely N-dealkylation sites (tertiary alicyclic amines) is 1. The SMILES string of the molecule is COCCN1CCC(CN(CC=Cc2ccccc2)Cc2ccncc2)CC1. The van der Waals surface area contributed by atoms with Gasteiger partial charge in [-0.2, -0.15) is 0 Å². The van der Waals surface area contributed by atoms with Crippen LogP contribution in [-0.4, -0.2) is 61.2 Å². The number of hydrogen-bond acceptors (Lipinski definition) is 4. The molecule has 0 saturated carbocycles. The fourth-order valence-corrected chi connectivity index (χ4v) is 3.83. The van der Waals surface area contributed by atoms with Gasteiger partial charge < -0.3 is 9.64 Å². The van der Waals surface area contributed by atoms with Gasteiger partial charge in [-0.25, -0.2) is 0 Å². The monoisotopic (exact) mass is 379 g/mol. The highest BCUT2D eigenvalue weighted by atomic mass is 16.5. The summed E-state index contributed by atoms with van der Waals surface area (Å²) in [7, 11) is 1.78. The van der Waals surface area contributed by atoms with E-state index in [2.05, 4.69) is 69.4 Å². The molecule has 1 aromatic heterocycles. The summed E-state index contributed by atoms with van der Waals surface area (Å²) in [5.41, 5.74) is 2.60. The van der Waals surface area contributed by atoms with Crippen LogP contribution in [0.4, 0.5) is 0 Å². The third kappa shape index (κ3) is 7.19. The number of piperidine rings is 1. The molecule has 150 valence electrons. The predicted octanol–water partition coefficient (Wildman–Crippen LogP) is 3.96. The number of ether oxygens (including phenoxy) is 1. The molecular weight excluding hydrogens is 346 g/mol. The minimum absolute atomic E-state index is 0.769. The average Bonchev–Trinajstić information content (AvgIpc) is 2.75. The molecule has 1 aliphatic rings. The summed E-state index contributed by atoms with van der Waals surface area (Å²) in [6.07, 6.45) is 10.9. The van der Waals surface area contributed by atoms with Crippen molar-refractivity contribution in [3.8, 4) is 0 Å². The van der Waals surface area contributed by atoms with Gasteiger partial charge in [-0.3, -0.25) is 9.88 Å². The molecule has 0 spiro atoms. The molecule has 1 fully saturated rings. The van der Waals surface area contributed by atoms with Crippen LogP contribution in [0, 0.1) is 5.92 Å². The molecule has 1 aliphatic heterocycles. The lowest BCUT2D eigenvalue weighted by Crippen LogP contribution is -2.39. The molecule has 4 heteroatoms. The van der Waals surface area contributed by atoms with Crippen molar-refractivity contribution < 1.29 is 4.74 Å². The van der Waals surface area contributed by atoms with Crippen LogP contribution in [-0.2, 0) is 11.3 Å². The largest absolute Gasteiger partial charge is 0.383 e. The zero-order valence-electron chi connectivity index (χ0n) is 17.0.